The highest BCUT2D eigenvalue weighted by atomic mass is 19.2. The normalized spacial score (nSPS) is 10.9. The van der Waals surface area contributed by atoms with Gasteiger partial charge in [0.1, 0.15) is 34.4 Å². The van der Waals surface area contributed by atoms with Crippen molar-refractivity contribution in [2.24, 2.45) is 0 Å². The highest BCUT2D eigenvalue weighted by Crippen LogP contribution is 2.28. The Hall–Kier alpha value is -2.97. The minimum absolute atomic E-state index is 0.326. The van der Waals surface area contributed by atoms with Gasteiger partial charge in [-0.3, -0.25) is 0 Å². The molecule has 0 aliphatic heterocycles. The number of hydrogen-bond acceptors (Lipinski definition) is 3. The van der Waals surface area contributed by atoms with Crippen LogP contribution in [0.1, 0.15) is 0 Å². The van der Waals surface area contributed by atoms with Gasteiger partial charge >= 0.3 is 0 Å². The summed E-state index contributed by atoms with van der Waals surface area (Å²) in [6.45, 7) is 0. The topological polar surface area (TPSA) is 38.7 Å². The van der Waals surface area contributed by atoms with Crippen molar-refractivity contribution in [1.29, 1.82) is 0 Å². The molecular weight excluding hydrogens is 336 g/mol. The Bertz CT molecular complexity index is 872. The molecule has 3 rings (SSSR count). The quantitative estimate of drug-likeness (QED) is 0.661. The molecule has 3 aromatic heterocycles. The molecule has 0 N–H and O–H groups in total. The molecule has 0 bridgehead atoms. The van der Waals surface area contributed by atoms with Crippen LogP contribution in [-0.2, 0) is 0 Å². The van der Waals surface area contributed by atoms with Crippen LogP contribution >= 0.6 is 0 Å². The largest absolute Gasteiger partial charge is 0.248 e. The predicted molar refractivity (Wildman–Crippen MR) is 70.4 cm³/mol. The number of hydrogen-bond donors (Lipinski definition) is 0. The fraction of sp³-hybridized carbons (Fsp3) is 0. The van der Waals surface area contributed by atoms with E-state index in [2.05, 4.69) is 15.0 Å². The van der Waals surface area contributed by atoms with E-state index in [9.17, 15) is 26.3 Å². The number of nitrogens with zero attached hydrogens (tertiary/aromatic N) is 3. The van der Waals surface area contributed by atoms with E-state index in [0.717, 1.165) is 0 Å². The SMILES string of the molecule is Fc1cnc(-c2nc(-c3ncc(F)cc3F)c(F)cc2F)c(F)c1. The molecule has 0 spiro atoms. The molecular formula is C15H5F6N3. The van der Waals surface area contributed by atoms with Gasteiger partial charge in [0.25, 0.3) is 0 Å². The van der Waals surface area contributed by atoms with Crippen molar-refractivity contribution in [2.75, 3.05) is 0 Å². The Labute approximate surface area is 130 Å². The third-order valence-corrected chi connectivity index (χ3v) is 2.99. The van der Waals surface area contributed by atoms with Crippen molar-refractivity contribution in [1.82, 2.24) is 15.0 Å². The van der Waals surface area contributed by atoms with Crippen LogP contribution in [0, 0.1) is 34.9 Å². The maximum atomic E-state index is 13.9. The first-order valence-corrected chi connectivity index (χ1v) is 6.35. The van der Waals surface area contributed by atoms with Gasteiger partial charge in [-0.1, -0.05) is 0 Å². The zero-order valence-corrected chi connectivity index (χ0v) is 11.5. The maximum absolute atomic E-state index is 13.9. The lowest BCUT2D eigenvalue weighted by atomic mass is 10.1. The molecule has 0 aliphatic carbocycles. The van der Waals surface area contributed by atoms with Crippen LogP contribution in [0.5, 0.6) is 0 Å². The smallest absolute Gasteiger partial charge is 0.154 e. The summed E-state index contributed by atoms with van der Waals surface area (Å²) in [4.78, 5) is 10.2. The van der Waals surface area contributed by atoms with E-state index in [-0.39, 0.29) is 0 Å². The molecule has 0 saturated carbocycles. The summed E-state index contributed by atoms with van der Waals surface area (Å²) in [6, 6.07) is 1.19. The maximum Gasteiger partial charge on any atom is 0.154 e. The van der Waals surface area contributed by atoms with Crippen LogP contribution in [0.3, 0.4) is 0 Å². The van der Waals surface area contributed by atoms with Crippen molar-refractivity contribution in [3.05, 3.63) is 65.5 Å². The fourth-order valence-electron chi connectivity index (χ4n) is 1.98. The molecule has 0 radical (unpaired) electrons. The average Bonchev–Trinajstić information content (AvgIpc) is 2.49. The van der Waals surface area contributed by atoms with Gasteiger partial charge in [0.05, 0.1) is 12.4 Å². The first-order valence-electron chi connectivity index (χ1n) is 6.35. The molecule has 3 aromatic rings. The Morgan fingerprint density at radius 3 is 1.25 bits per heavy atom. The van der Waals surface area contributed by atoms with Gasteiger partial charge in [-0.05, 0) is 0 Å². The second-order valence-electron chi connectivity index (χ2n) is 4.62. The third-order valence-electron chi connectivity index (χ3n) is 2.99. The standard InChI is InChI=1S/C15H5F6N3/c16-6-1-8(18)12(22-4-6)14-10(20)3-11(21)15(24-14)13-9(19)2-7(17)5-23-13/h1-5H. The van der Waals surface area contributed by atoms with Crippen molar-refractivity contribution >= 4 is 0 Å². The first-order chi connectivity index (χ1) is 11.4. The minimum atomic E-state index is -1.29. The van der Waals surface area contributed by atoms with Crippen molar-refractivity contribution in [3.8, 4) is 22.8 Å². The first kappa shape index (κ1) is 15.9. The number of rotatable bonds is 2. The van der Waals surface area contributed by atoms with Gasteiger partial charge in [0, 0.05) is 18.2 Å². The number of aromatic nitrogens is 3. The van der Waals surface area contributed by atoms with Gasteiger partial charge in [0.2, 0.25) is 0 Å². The van der Waals surface area contributed by atoms with Gasteiger partial charge in [-0.2, -0.15) is 0 Å². The monoisotopic (exact) mass is 341 g/mol. The number of halogens is 6. The zero-order valence-electron chi connectivity index (χ0n) is 11.5. The Morgan fingerprint density at radius 1 is 0.500 bits per heavy atom. The zero-order chi connectivity index (χ0) is 17.4. The lowest BCUT2D eigenvalue weighted by molar-refractivity contribution is 0.558. The molecule has 9 heteroatoms. The van der Waals surface area contributed by atoms with Gasteiger partial charge in [-0.15, -0.1) is 0 Å². The highest BCUT2D eigenvalue weighted by Gasteiger charge is 2.21. The molecule has 0 aliphatic rings. The van der Waals surface area contributed by atoms with Crippen LogP contribution in [-0.4, -0.2) is 15.0 Å². The van der Waals surface area contributed by atoms with E-state index in [4.69, 9.17) is 0 Å². The van der Waals surface area contributed by atoms with Crippen molar-refractivity contribution in [2.45, 2.75) is 0 Å². The van der Waals surface area contributed by atoms with Gasteiger partial charge in [0.15, 0.2) is 23.3 Å². The third kappa shape index (κ3) is 2.80. The van der Waals surface area contributed by atoms with Gasteiger partial charge < -0.3 is 0 Å². The summed E-state index contributed by atoms with van der Waals surface area (Å²) in [6.07, 6.45) is 1.22. The van der Waals surface area contributed by atoms with Crippen LogP contribution in [0.2, 0.25) is 0 Å². The molecule has 122 valence electrons. The van der Waals surface area contributed by atoms with E-state index in [0.29, 0.717) is 30.6 Å². The predicted octanol–water partition coefficient (Wildman–Crippen LogP) is 4.04. The van der Waals surface area contributed by atoms with Gasteiger partial charge in [-0.25, -0.2) is 41.3 Å². The molecule has 0 unspecified atom stereocenters. The van der Waals surface area contributed by atoms with Crippen LogP contribution in [0.15, 0.2) is 30.6 Å². The summed E-state index contributed by atoms with van der Waals surface area (Å²) in [5, 5.41) is 0. The summed E-state index contributed by atoms with van der Waals surface area (Å²) >= 11 is 0. The van der Waals surface area contributed by atoms with E-state index >= 15 is 0 Å². The van der Waals surface area contributed by atoms with E-state index in [1.54, 1.807) is 0 Å². The lowest BCUT2D eigenvalue weighted by Crippen LogP contribution is -2.03. The summed E-state index contributed by atoms with van der Waals surface area (Å²) in [5.41, 5.74) is -2.93. The fourth-order valence-corrected chi connectivity index (χ4v) is 1.98. The van der Waals surface area contributed by atoms with Crippen molar-refractivity contribution < 1.29 is 26.3 Å². The molecule has 0 amide bonds. The highest BCUT2D eigenvalue weighted by molar-refractivity contribution is 5.63. The number of pyridine rings is 3. The second kappa shape index (κ2) is 5.91. The van der Waals surface area contributed by atoms with Crippen molar-refractivity contribution in [3.63, 3.8) is 0 Å². The van der Waals surface area contributed by atoms with E-state index in [1.165, 1.54) is 0 Å². The lowest BCUT2D eigenvalue weighted by Gasteiger charge is -2.08. The molecule has 3 heterocycles. The summed E-state index contributed by atoms with van der Waals surface area (Å²) in [5.74, 6) is -7.10. The molecule has 0 atom stereocenters. The Kier molecular flexibility index (Phi) is 3.92. The minimum Gasteiger partial charge on any atom is -0.248 e. The summed E-state index contributed by atoms with van der Waals surface area (Å²) < 4.78 is 81.1. The molecule has 0 saturated heterocycles. The van der Waals surface area contributed by atoms with Crippen LogP contribution in [0.4, 0.5) is 26.3 Å². The molecule has 3 nitrogen and oxygen atoms in total. The summed E-state index contributed by atoms with van der Waals surface area (Å²) in [7, 11) is 0. The Morgan fingerprint density at radius 2 is 0.875 bits per heavy atom. The molecule has 0 fully saturated rings. The molecule has 24 heavy (non-hydrogen) atoms. The van der Waals surface area contributed by atoms with E-state index < -0.39 is 57.7 Å². The van der Waals surface area contributed by atoms with E-state index in [1.807, 2.05) is 0 Å². The average molecular weight is 341 g/mol. The van der Waals surface area contributed by atoms with Crippen LogP contribution < -0.4 is 0 Å². The van der Waals surface area contributed by atoms with Crippen LogP contribution in [0.25, 0.3) is 22.8 Å². The Balaban J connectivity index is 2.23. The second-order valence-corrected chi connectivity index (χ2v) is 4.62. The molecule has 0 aromatic carbocycles.